The van der Waals surface area contributed by atoms with E-state index in [4.69, 9.17) is 9.84 Å². The van der Waals surface area contributed by atoms with Crippen LogP contribution in [0.5, 0.6) is 0 Å². The zero-order valence-corrected chi connectivity index (χ0v) is 10.5. The van der Waals surface area contributed by atoms with E-state index in [1.165, 1.54) is 6.92 Å². The number of rotatable bonds is 2. The first-order valence-electron chi connectivity index (χ1n) is 5.72. The summed E-state index contributed by atoms with van der Waals surface area (Å²) in [5.41, 5.74) is -3.84. The van der Waals surface area contributed by atoms with Gasteiger partial charge in [0.05, 0.1) is 6.61 Å². The van der Waals surface area contributed by atoms with Crippen LogP contribution in [-0.2, 0) is 4.74 Å². The molecule has 0 amide bonds. The molecule has 108 valence electrons. The number of ether oxygens (including phenoxy) is 1. The number of aromatic nitrogens is 3. The van der Waals surface area contributed by atoms with Gasteiger partial charge in [-0.3, -0.25) is 9.55 Å². The molecule has 0 bridgehead atoms. The number of aromatic amines is 1. The molecule has 4 N–H and O–H groups in total. The third kappa shape index (κ3) is 2.14. The molecule has 1 aliphatic rings. The Balaban J connectivity index is 2.55. The summed E-state index contributed by atoms with van der Waals surface area (Å²) in [5.74, 6) is 4.79. The fourth-order valence-corrected chi connectivity index (χ4v) is 2.05. The molecule has 0 aliphatic carbocycles. The van der Waals surface area contributed by atoms with Crippen LogP contribution in [0.3, 0.4) is 0 Å². The van der Waals surface area contributed by atoms with Crippen LogP contribution in [0.4, 0.5) is 0 Å². The number of hydrogen-bond donors (Lipinski definition) is 4. The van der Waals surface area contributed by atoms with E-state index in [2.05, 4.69) is 16.8 Å². The SMILES string of the molecule is CC#CC1(O)C(n2cnc(=O)[nH]c2=O)OC(CO)[C@@H]1O. The molecule has 20 heavy (non-hydrogen) atoms. The number of hydrogen-bond acceptors (Lipinski definition) is 7. The van der Waals surface area contributed by atoms with Gasteiger partial charge in [0.1, 0.15) is 18.5 Å². The van der Waals surface area contributed by atoms with Gasteiger partial charge in [0, 0.05) is 0 Å². The highest BCUT2D eigenvalue weighted by Gasteiger charge is 2.55. The average Bonchev–Trinajstić information content (AvgIpc) is 2.63. The summed E-state index contributed by atoms with van der Waals surface area (Å²) in [7, 11) is 0. The molecule has 3 unspecified atom stereocenters. The van der Waals surface area contributed by atoms with E-state index in [-0.39, 0.29) is 0 Å². The monoisotopic (exact) mass is 283 g/mol. The van der Waals surface area contributed by atoms with E-state index in [1.54, 1.807) is 0 Å². The highest BCUT2D eigenvalue weighted by atomic mass is 16.6. The van der Waals surface area contributed by atoms with E-state index in [0.29, 0.717) is 0 Å². The lowest BCUT2D eigenvalue weighted by Crippen LogP contribution is -2.48. The molecule has 1 aliphatic heterocycles. The van der Waals surface area contributed by atoms with Crippen LogP contribution >= 0.6 is 0 Å². The third-order valence-electron chi connectivity index (χ3n) is 2.99. The van der Waals surface area contributed by atoms with Gasteiger partial charge in [-0.25, -0.2) is 9.59 Å². The first kappa shape index (κ1) is 14.4. The Bertz CT molecular complexity index is 671. The van der Waals surface area contributed by atoms with Crippen molar-refractivity contribution in [2.45, 2.75) is 31.0 Å². The number of H-pyrrole nitrogens is 1. The van der Waals surface area contributed by atoms with Crippen LogP contribution in [0.1, 0.15) is 13.2 Å². The third-order valence-corrected chi connectivity index (χ3v) is 2.99. The molecule has 0 radical (unpaired) electrons. The molecule has 4 atom stereocenters. The molecular formula is C11H13N3O6. The van der Waals surface area contributed by atoms with Crippen molar-refractivity contribution >= 4 is 0 Å². The first-order chi connectivity index (χ1) is 9.43. The second-order valence-corrected chi connectivity index (χ2v) is 4.24. The molecule has 2 rings (SSSR count). The molecule has 1 fully saturated rings. The highest BCUT2D eigenvalue weighted by Crippen LogP contribution is 2.37. The topological polar surface area (TPSA) is 138 Å². The number of aliphatic hydroxyl groups excluding tert-OH is 2. The van der Waals surface area contributed by atoms with Gasteiger partial charge in [0.2, 0.25) is 0 Å². The van der Waals surface area contributed by atoms with Crippen LogP contribution in [-0.4, -0.2) is 54.3 Å². The molecule has 1 aromatic heterocycles. The van der Waals surface area contributed by atoms with Gasteiger partial charge < -0.3 is 20.1 Å². The second-order valence-electron chi connectivity index (χ2n) is 4.24. The predicted molar refractivity (Wildman–Crippen MR) is 64.5 cm³/mol. The lowest BCUT2D eigenvalue weighted by Gasteiger charge is -2.26. The maximum Gasteiger partial charge on any atom is 0.350 e. The van der Waals surface area contributed by atoms with Gasteiger partial charge in [-0.15, -0.1) is 5.92 Å². The minimum Gasteiger partial charge on any atom is -0.394 e. The molecule has 9 nitrogen and oxygen atoms in total. The van der Waals surface area contributed by atoms with Crippen molar-refractivity contribution in [3.05, 3.63) is 27.3 Å². The summed E-state index contributed by atoms with van der Waals surface area (Å²) in [6.07, 6.45) is -3.17. The van der Waals surface area contributed by atoms with Crippen molar-refractivity contribution in [3.8, 4) is 11.8 Å². The zero-order chi connectivity index (χ0) is 14.9. The van der Waals surface area contributed by atoms with Gasteiger partial charge in [-0.1, -0.05) is 5.92 Å². The zero-order valence-electron chi connectivity index (χ0n) is 10.5. The number of aliphatic hydroxyl groups is 3. The summed E-state index contributed by atoms with van der Waals surface area (Å²) in [5, 5.41) is 29.5. The van der Waals surface area contributed by atoms with Crippen molar-refractivity contribution in [2.24, 2.45) is 0 Å². The highest BCUT2D eigenvalue weighted by molar-refractivity contribution is 5.21. The van der Waals surface area contributed by atoms with Gasteiger partial charge >= 0.3 is 11.4 Å². The van der Waals surface area contributed by atoms with Crippen molar-refractivity contribution < 1.29 is 20.1 Å². The first-order valence-corrected chi connectivity index (χ1v) is 5.72. The fraction of sp³-hybridized carbons (Fsp3) is 0.545. The molecule has 1 aromatic rings. The summed E-state index contributed by atoms with van der Waals surface area (Å²) in [6.45, 7) is 0.860. The second kappa shape index (κ2) is 5.18. The smallest absolute Gasteiger partial charge is 0.350 e. The maximum absolute atomic E-state index is 11.7. The van der Waals surface area contributed by atoms with E-state index < -0.39 is 42.0 Å². The summed E-state index contributed by atoms with van der Waals surface area (Å²) in [6, 6.07) is 0. The van der Waals surface area contributed by atoms with Crippen LogP contribution < -0.4 is 11.4 Å². The average molecular weight is 283 g/mol. The normalized spacial score (nSPS) is 32.7. The summed E-state index contributed by atoms with van der Waals surface area (Å²) in [4.78, 5) is 27.9. The molecular weight excluding hydrogens is 270 g/mol. The Morgan fingerprint density at radius 3 is 2.85 bits per heavy atom. The Kier molecular flexibility index (Phi) is 3.74. The molecule has 2 heterocycles. The predicted octanol–water partition coefficient (Wildman–Crippen LogP) is -3.06. The lowest BCUT2D eigenvalue weighted by molar-refractivity contribution is -0.0771. The maximum atomic E-state index is 11.7. The minimum atomic E-state index is -2.11. The van der Waals surface area contributed by atoms with Gasteiger partial charge in [-0.05, 0) is 6.92 Å². The van der Waals surface area contributed by atoms with E-state index in [1.807, 2.05) is 4.98 Å². The largest absolute Gasteiger partial charge is 0.394 e. The van der Waals surface area contributed by atoms with Crippen LogP contribution in [0, 0.1) is 11.8 Å². The molecule has 1 saturated heterocycles. The molecule has 9 heteroatoms. The van der Waals surface area contributed by atoms with Gasteiger partial charge in [-0.2, -0.15) is 4.98 Å². The van der Waals surface area contributed by atoms with Crippen molar-refractivity contribution in [1.29, 1.82) is 0 Å². The fourth-order valence-electron chi connectivity index (χ4n) is 2.05. The Hall–Kier alpha value is -1.99. The van der Waals surface area contributed by atoms with Gasteiger partial charge in [0.25, 0.3) is 0 Å². The number of nitrogens with one attached hydrogen (secondary N) is 1. The van der Waals surface area contributed by atoms with E-state index in [0.717, 1.165) is 10.9 Å². The van der Waals surface area contributed by atoms with Crippen LogP contribution in [0.25, 0.3) is 0 Å². The molecule has 0 aromatic carbocycles. The lowest BCUT2D eigenvalue weighted by atomic mass is 9.94. The van der Waals surface area contributed by atoms with E-state index >= 15 is 0 Å². The molecule has 0 spiro atoms. The summed E-state index contributed by atoms with van der Waals surface area (Å²) < 4.78 is 6.04. The van der Waals surface area contributed by atoms with Crippen molar-refractivity contribution in [2.75, 3.05) is 6.61 Å². The van der Waals surface area contributed by atoms with E-state index in [9.17, 15) is 19.8 Å². The standard InChI is InChI=1S/C11H13N3O6/c1-2-3-11(19)7(16)6(4-15)20-8(11)14-5-12-9(17)13-10(14)18/h5-8,15-16,19H,4H2,1H3,(H,13,17,18)/t6?,7-,8?,11?/m0/s1. The Morgan fingerprint density at radius 1 is 1.60 bits per heavy atom. The van der Waals surface area contributed by atoms with Crippen LogP contribution in [0.2, 0.25) is 0 Å². The van der Waals surface area contributed by atoms with Crippen molar-refractivity contribution in [3.63, 3.8) is 0 Å². The quantitative estimate of drug-likeness (QED) is 0.423. The Morgan fingerprint density at radius 2 is 2.30 bits per heavy atom. The van der Waals surface area contributed by atoms with Crippen molar-refractivity contribution in [1.82, 2.24) is 14.5 Å². The number of nitrogens with zero attached hydrogens (tertiary/aromatic N) is 2. The van der Waals surface area contributed by atoms with Crippen LogP contribution in [0.15, 0.2) is 15.9 Å². The minimum absolute atomic E-state index is 0.573. The summed E-state index contributed by atoms with van der Waals surface area (Å²) >= 11 is 0. The van der Waals surface area contributed by atoms with Gasteiger partial charge in [0.15, 0.2) is 11.8 Å². The molecule has 0 saturated carbocycles. The Labute approximate surface area is 112 Å².